The number of anilines is 3. The van der Waals surface area contributed by atoms with Crippen molar-refractivity contribution in [3.05, 3.63) is 74.0 Å². The van der Waals surface area contributed by atoms with E-state index in [4.69, 9.17) is 28.9 Å². The second-order valence-corrected chi connectivity index (χ2v) is 7.96. The highest BCUT2D eigenvalue weighted by molar-refractivity contribution is 7.99. The Morgan fingerprint density at radius 2 is 1.81 bits per heavy atom. The van der Waals surface area contributed by atoms with Crippen LogP contribution in [-0.4, -0.2) is 27.5 Å². The van der Waals surface area contributed by atoms with Gasteiger partial charge in [-0.2, -0.15) is 0 Å². The predicted octanol–water partition coefficient (Wildman–Crippen LogP) is 3.92. The first-order chi connectivity index (χ1) is 15.1. The molecule has 2 amide bonds. The number of H-pyrrole nitrogens is 1. The number of thioether (sulfide) groups is 1. The Kier molecular flexibility index (Phi) is 7.33. The predicted molar refractivity (Wildman–Crippen MR) is 119 cm³/mol. The Hall–Kier alpha value is -3.15. The number of nitrogens with one attached hydrogen (secondary N) is 3. The van der Waals surface area contributed by atoms with Gasteiger partial charge in [0.15, 0.2) is 22.6 Å². The summed E-state index contributed by atoms with van der Waals surface area (Å²) in [6, 6.07) is 7.08. The number of hydrogen-bond donors (Lipinski definition) is 4. The van der Waals surface area contributed by atoms with Gasteiger partial charge in [-0.15, -0.1) is 0 Å². The number of nitrogens with zero attached hydrogens (tertiary/aromatic N) is 1. The standard InChI is InChI=1S/C19H13Cl2F2N5O3S/c20-10-3-2-9(6-11(10)21)25-14(29)7-32-19-27-16(24)15(18(31)28-19)26-17(30)8-1-4-12(22)13(23)5-8/h1-6H,7H2,(H,25,29)(H,26,30)(H3,24,27,28,31). The van der Waals surface area contributed by atoms with Gasteiger partial charge in [-0.3, -0.25) is 19.4 Å². The summed E-state index contributed by atoms with van der Waals surface area (Å²) in [6.07, 6.45) is 0. The average molecular weight is 500 g/mol. The van der Waals surface area contributed by atoms with E-state index in [-0.39, 0.29) is 33.0 Å². The zero-order valence-corrected chi connectivity index (χ0v) is 18.2. The molecule has 1 aromatic heterocycles. The number of nitrogens with two attached hydrogens (primary N) is 1. The Labute approximate surface area is 193 Å². The van der Waals surface area contributed by atoms with Crippen molar-refractivity contribution >= 4 is 64.0 Å². The Bertz CT molecular complexity index is 1270. The van der Waals surface area contributed by atoms with E-state index in [1.165, 1.54) is 12.1 Å². The minimum Gasteiger partial charge on any atom is -0.382 e. The second kappa shape index (κ2) is 9.98. The molecule has 166 valence electrons. The Balaban J connectivity index is 1.65. The van der Waals surface area contributed by atoms with Crippen LogP contribution in [0, 0.1) is 11.6 Å². The van der Waals surface area contributed by atoms with Gasteiger partial charge >= 0.3 is 0 Å². The molecule has 0 spiro atoms. The van der Waals surface area contributed by atoms with Gasteiger partial charge in [0.25, 0.3) is 11.5 Å². The van der Waals surface area contributed by atoms with Gasteiger partial charge in [-0.05, 0) is 36.4 Å². The molecule has 3 aromatic rings. The van der Waals surface area contributed by atoms with Crippen molar-refractivity contribution < 1.29 is 18.4 Å². The minimum absolute atomic E-state index is 0.0302. The molecule has 0 aliphatic heterocycles. The molecule has 0 aliphatic carbocycles. The number of halogens is 4. The fraction of sp³-hybridized carbons (Fsp3) is 0.0526. The molecule has 0 radical (unpaired) electrons. The molecular weight excluding hydrogens is 487 g/mol. The van der Waals surface area contributed by atoms with Crippen LogP contribution in [0.5, 0.6) is 0 Å². The van der Waals surface area contributed by atoms with Crippen LogP contribution in [0.25, 0.3) is 0 Å². The minimum atomic E-state index is -1.22. The fourth-order valence-electron chi connectivity index (χ4n) is 2.39. The highest BCUT2D eigenvalue weighted by Gasteiger charge is 2.16. The summed E-state index contributed by atoms with van der Waals surface area (Å²) in [5, 5.41) is 5.46. The van der Waals surface area contributed by atoms with E-state index >= 15 is 0 Å². The molecule has 32 heavy (non-hydrogen) atoms. The van der Waals surface area contributed by atoms with Crippen molar-refractivity contribution in [1.29, 1.82) is 0 Å². The summed E-state index contributed by atoms with van der Waals surface area (Å²) in [5.74, 6) is -4.08. The van der Waals surface area contributed by atoms with E-state index < -0.39 is 29.0 Å². The number of hydrogen-bond acceptors (Lipinski definition) is 6. The van der Waals surface area contributed by atoms with Gasteiger partial charge in [-0.25, -0.2) is 13.8 Å². The zero-order valence-electron chi connectivity index (χ0n) is 15.8. The van der Waals surface area contributed by atoms with Gasteiger partial charge in [-0.1, -0.05) is 35.0 Å². The third-order valence-electron chi connectivity index (χ3n) is 3.89. The van der Waals surface area contributed by atoms with E-state index in [0.717, 1.165) is 23.9 Å². The number of carbonyl (C=O) groups excluding carboxylic acids is 2. The van der Waals surface area contributed by atoms with Crippen LogP contribution in [-0.2, 0) is 4.79 Å². The molecule has 0 atom stereocenters. The highest BCUT2D eigenvalue weighted by atomic mass is 35.5. The third kappa shape index (κ3) is 5.75. The van der Waals surface area contributed by atoms with Crippen molar-refractivity contribution in [2.24, 2.45) is 0 Å². The lowest BCUT2D eigenvalue weighted by molar-refractivity contribution is -0.113. The summed E-state index contributed by atoms with van der Waals surface area (Å²) in [7, 11) is 0. The van der Waals surface area contributed by atoms with Crippen LogP contribution in [0.2, 0.25) is 10.0 Å². The molecule has 8 nitrogen and oxygen atoms in total. The van der Waals surface area contributed by atoms with E-state index in [2.05, 4.69) is 20.6 Å². The van der Waals surface area contributed by atoms with Crippen LogP contribution in [0.4, 0.5) is 26.0 Å². The van der Waals surface area contributed by atoms with E-state index in [9.17, 15) is 23.2 Å². The van der Waals surface area contributed by atoms with Gasteiger partial charge in [0.1, 0.15) is 5.69 Å². The van der Waals surface area contributed by atoms with Crippen LogP contribution >= 0.6 is 35.0 Å². The Morgan fingerprint density at radius 1 is 1.06 bits per heavy atom. The van der Waals surface area contributed by atoms with Gasteiger partial charge < -0.3 is 16.4 Å². The molecule has 0 saturated carbocycles. The number of amides is 2. The molecule has 0 unspecified atom stereocenters. The summed E-state index contributed by atoms with van der Waals surface area (Å²) >= 11 is 12.6. The van der Waals surface area contributed by atoms with Gasteiger partial charge in [0, 0.05) is 11.3 Å². The summed E-state index contributed by atoms with van der Waals surface area (Å²) < 4.78 is 26.3. The van der Waals surface area contributed by atoms with Crippen molar-refractivity contribution in [3.63, 3.8) is 0 Å². The topological polar surface area (TPSA) is 130 Å². The first kappa shape index (κ1) is 23.5. The first-order valence-electron chi connectivity index (χ1n) is 8.68. The van der Waals surface area contributed by atoms with E-state index in [1.54, 1.807) is 6.07 Å². The summed E-state index contributed by atoms with van der Waals surface area (Å²) in [6.45, 7) is 0. The SMILES string of the molecule is Nc1nc(SCC(=O)Nc2ccc(Cl)c(Cl)c2)[nH]c(=O)c1NC(=O)c1ccc(F)c(F)c1. The fourth-order valence-corrected chi connectivity index (χ4v) is 3.35. The normalized spacial score (nSPS) is 10.6. The lowest BCUT2D eigenvalue weighted by Crippen LogP contribution is -2.23. The summed E-state index contributed by atoms with van der Waals surface area (Å²) in [4.78, 5) is 42.9. The molecule has 0 bridgehead atoms. The maximum atomic E-state index is 13.3. The molecular formula is C19H13Cl2F2N5O3S. The van der Waals surface area contributed by atoms with E-state index in [0.29, 0.717) is 16.8 Å². The van der Waals surface area contributed by atoms with Crippen LogP contribution in [0.3, 0.4) is 0 Å². The van der Waals surface area contributed by atoms with E-state index in [1.807, 2.05) is 0 Å². The molecule has 1 heterocycles. The molecule has 2 aromatic carbocycles. The van der Waals surface area contributed by atoms with Crippen LogP contribution in [0.15, 0.2) is 46.3 Å². The molecule has 0 aliphatic rings. The lowest BCUT2D eigenvalue weighted by atomic mass is 10.2. The molecule has 5 N–H and O–H groups in total. The highest BCUT2D eigenvalue weighted by Crippen LogP contribution is 2.25. The second-order valence-electron chi connectivity index (χ2n) is 6.18. The maximum absolute atomic E-state index is 13.3. The lowest BCUT2D eigenvalue weighted by Gasteiger charge is -2.09. The van der Waals surface area contributed by atoms with Gasteiger partial charge in [0.05, 0.1) is 15.8 Å². The van der Waals surface area contributed by atoms with Crippen LogP contribution in [0.1, 0.15) is 10.4 Å². The van der Waals surface area contributed by atoms with Crippen molar-refractivity contribution in [2.75, 3.05) is 22.1 Å². The molecule has 3 rings (SSSR count). The monoisotopic (exact) mass is 499 g/mol. The molecule has 13 heteroatoms. The smallest absolute Gasteiger partial charge is 0.277 e. The largest absolute Gasteiger partial charge is 0.382 e. The summed E-state index contributed by atoms with van der Waals surface area (Å²) in [5.41, 5.74) is 4.79. The number of rotatable bonds is 6. The molecule has 0 saturated heterocycles. The van der Waals surface area contributed by atoms with Crippen molar-refractivity contribution in [1.82, 2.24) is 9.97 Å². The third-order valence-corrected chi connectivity index (χ3v) is 5.50. The van der Waals surface area contributed by atoms with Crippen molar-refractivity contribution in [2.45, 2.75) is 5.16 Å². The molecule has 0 fully saturated rings. The number of nitrogen functional groups attached to an aromatic ring is 1. The van der Waals surface area contributed by atoms with Crippen molar-refractivity contribution in [3.8, 4) is 0 Å². The first-order valence-corrected chi connectivity index (χ1v) is 10.4. The number of benzene rings is 2. The van der Waals surface area contributed by atoms with Gasteiger partial charge in [0.2, 0.25) is 5.91 Å². The quantitative estimate of drug-likeness (QED) is 0.300. The van der Waals surface area contributed by atoms with Crippen LogP contribution < -0.4 is 21.9 Å². The Morgan fingerprint density at radius 3 is 2.47 bits per heavy atom. The number of aromatic amines is 1. The average Bonchev–Trinajstić information content (AvgIpc) is 2.73. The zero-order chi connectivity index (χ0) is 23.4. The number of carbonyl (C=O) groups is 2. The number of aromatic nitrogens is 2. The maximum Gasteiger partial charge on any atom is 0.277 e.